The molecule has 1 N–H and O–H groups in total. The number of carbonyl (C=O) groups excluding carboxylic acids is 1. The van der Waals surface area contributed by atoms with Crippen LogP contribution in [0.4, 0.5) is 0 Å². The molecular weight excluding hydrogens is 336 g/mol. The van der Waals surface area contributed by atoms with E-state index in [2.05, 4.69) is 31.2 Å². The van der Waals surface area contributed by atoms with E-state index in [1.807, 2.05) is 60.7 Å². The van der Waals surface area contributed by atoms with E-state index >= 15 is 0 Å². The summed E-state index contributed by atoms with van der Waals surface area (Å²) in [5.41, 5.74) is 1.29. The highest BCUT2D eigenvalue weighted by Gasteiger charge is 2.51. The van der Waals surface area contributed by atoms with Gasteiger partial charge in [-0.3, -0.25) is 4.79 Å². The van der Waals surface area contributed by atoms with Crippen LogP contribution in [-0.2, 0) is 14.9 Å². The van der Waals surface area contributed by atoms with Crippen molar-refractivity contribution in [1.29, 1.82) is 0 Å². The lowest BCUT2D eigenvalue weighted by Crippen LogP contribution is -2.36. The molecule has 0 amide bonds. The molecule has 144 valence electrons. The number of rotatable bonds is 8. The largest absolute Gasteiger partial charge is 0.460 e. The van der Waals surface area contributed by atoms with Crippen LogP contribution in [0.25, 0.3) is 0 Å². The zero-order chi connectivity index (χ0) is 19.3. The van der Waals surface area contributed by atoms with E-state index in [-0.39, 0.29) is 12.1 Å². The van der Waals surface area contributed by atoms with Gasteiger partial charge in [-0.1, -0.05) is 60.7 Å². The number of nitrogens with zero attached hydrogens (tertiary/aromatic N) is 1. The number of hydrogen-bond acceptors (Lipinski definition) is 4. The van der Waals surface area contributed by atoms with E-state index in [0.717, 1.165) is 24.1 Å². The highest BCUT2D eigenvalue weighted by atomic mass is 16.6. The zero-order valence-electron chi connectivity index (χ0n) is 16.5. The van der Waals surface area contributed by atoms with Gasteiger partial charge in [0, 0.05) is 19.0 Å². The first-order valence-electron chi connectivity index (χ1n) is 9.72. The van der Waals surface area contributed by atoms with Crippen molar-refractivity contribution < 1.29 is 9.53 Å². The van der Waals surface area contributed by atoms with Crippen LogP contribution in [0.3, 0.4) is 0 Å². The maximum Gasteiger partial charge on any atom is 0.321 e. The molecule has 1 aliphatic rings. The summed E-state index contributed by atoms with van der Waals surface area (Å²) in [6.45, 7) is 3.90. The first-order chi connectivity index (χ1) is 13.0. The van der Waals surface area contributed by atoms with Crippen molar-refractivity contribution >= 4 is 5.97 Å². The summed E-state index contributed by atoms with van der Waals surface area (Å²) >= 11 is 0. The molecule has 0 spiro atoms. The summed E-state index contributed by atoms with van der Waals surface area (Å²) in [7, 11) is 4.17. The van der Waals surface area contributed by atoms with E-state index < -0.39 is 5.41 Å². The fourth-order valence-corrected chi connectivity index (χ4v) is 3.80. The Labute approximate surface area is 162 Å². The van der Waals surface area contributed by atoms with E-state index in [1.54, 1.807) is 0 Å². The maximum atomic E-state index is 13.1. The number of cyclic esters (lactones) is 1. The second kappa shape index (κ2) is 8.68. The molecule has 2 unspecified atom stereocenters. The minimum Gasteiger partial charge on any atom is -0.460 e. The molecule has 4 nitrogen and oxygen atoms in total. The summed E-state index contributed by atoms with van der Waals surface area (Å²) in [6, 6.07) is 20.4. The number of hydrogen-bond donors (Lipinski definition) is 1. The molecule has 27 heavy (non-hydrogen) atoms. The van der Waals surface area contributed by atoms with Crippen LogP contribution < -0.4 is 5.32 Å². The summed E-state index contributed by atoms with van der Waals surface area (Å²) in [5, 5.41) is 3.54. The third-order valence-corrected chi connectivity index (χ3v) is 5.39. The molecule has 0 aliphatic carbocycles. The van der Waals surface area contributed by atoms with E-state index in [1.165, 1.54) is 0 Å². The molecule has 4 heteroatoms. The van der Waals surface area contributed by atoms with Crippen LogP contribution in [0.1, 0.15) is 30.9 Å². The number of carbonyl (C=O) groups is 1. The van der Waals surface area contributed by atoms with Gasteiger partial charge in [0.15, 0.2) is 0 Å². The average molecular weight is 367 g/mol. The SMILES string of the molecule is CC(CCN(C)C)NCC1CC(c2ccccc2)(c2ccccc2)C(=O)O1. The maximum absolute atomic E-state index is 13.1. The predicted molar refractivity (Wildman–Crippen MR) is 109 cm³/mol. The van der Waals surface area contributed by atoms with Crippen LogP contribution in [0.5, 0.6) is 0 Å². The Morgan fingerprint density at radius 1 is 1.07 bits per heavy atom. The Bertz CT molecular complexity index is 691. The summed E-state index contributed by atoms with van der Waals surface area (Å²) in [4.78, 5) is 15.3. The topological polar surface area (TPSA) is 41.6 Å². The predicted octanol–water partition coefficient (Wildman–Crippen LogP) is 3.22. The fraction of sp³-hybridized carbons (Fsp3) is 0.435. The number of nitrogens with one attached hydrogen (secondary N) is 1. The normalized spacial score (nSPS) is 19.9. The first kappa shape index (κ1) is 19.6. The summed E-state index contributed by atoms with van der Waals surface area (Å²) < 4.78 is 5.85. The third kappa shape index (κ3) is 4.40. The van der Waals surface area contributed by atoms with Crippen LogP contribution in [0.2, 0.25) is 0 Å². The minimum absolute atomic E-state index is 0.125. The number of benzene rings is 2. The molecule has 3 rings (SSSR count). The van der Waals surface area contributed by atoms with Crippen molar-refractivity contribution in [2.24, 2.45) is 0 Å². The zero-order valence-corrected chi connectivity index (χ0v) is 16.5. The lowest BCUT2D eigenvalue weighted by atomic mass is 9.72. The van der Waals surface area contributed by atoms with Gasteiger partial charge in [0.2, 0.25) is 0 Å². The van der Waals surface area contributed by atoms with Gasteiger partial charge in [-0.05, 0) is 45.1 Å². The van der Waals surface area contributed by atoms with Crippen molar-refractivity contribution in [3.8, 4) is 0 Å². The van der Waals surface area contributed by atoms with Gasteiger partial charge in [-0.2, -0.15) is 0 Å². The average Bonchev–Trinajstić information content (AvgIpc) is 3.03. The van der Waals surface area contributed by atoms with Gasteiger partial charge in [0.25, 0.3) is 0 Å². The highest BCUT2D eigenvalue weighted by molar-refractivity contribution is 5.89. The van der Waals surface area contributed by atoms with Crippen LogP contribution in [0.15, 0.2) is 60.7 Å². The van der Waals surface area contributed by atoms with Gasteiger partial charge in [-0.15, -0.1) is 0 Å². The third-order valence-electron chi connectivity index (χ3n) is 5.39. The smallest absolute Gasteiger partial charge is 0.321 e. The van der Waals surface area contributed by atoms with Gasteiger partial charge in [0.1, 0.15) is 11.5 Å². The highest BCUT2D eigenvalue weighted by Crippen LogP contribution is 2.43. The molecule has 0 saturated carbocycles. The van der Waals surface area contributed by atoms with Crippen molar-refractivity contribution in [3.05, 3.63) is 71.8 Å². The Hall–Kier alpha value is -2.17. The Balaban J connectivity index is 1.77. The van der Waals surface area contributed by atoms with Crippen LogP contribution >= 0.6 is 0 Å². The van der Waals surface area contributed by atoms with Gasteiger partial charge in [0.05, 0.1) is 0 Å². The number of esters is 1. The minimum atomic E-state index is -0.720. The molecule has 2 aromatic rings. The van der Waals surface area contributed by atoms with Crippen molar-refractivity contribution in [3.63, 3.8) is 0 Å². The molecule has 0 radical (unpaired) electrons. The summed E-state index contributed by atoms with van der Waals surface area (Å²) in [6.07, 6.45) is 1.60. The van der Waals surface area contributed by atoms with E-state index in [0.29, 0.717) is 19.0 Å². The monoisotopic (exact) mass is 366 g/mol. The van der Waals surface area contributed by atoms with Crippen molar-refractivity contribution in [1.82, 2.24) is 10.2 Å². The molecule has 1 heterocycles. The Kier molecular flexibility index (Phi) is 6.30. The standard InChI is InChI=1S/C23H30N2O2/c1-18(14-15-25(2)3)24-17-21-16-23(22(26)27-21,19-10-6-4-7-11-19)20-12-8-5-9-13-20/h4-13,18,21,24H,14-17H2,1-3H3. The number of ether oxygens (including phenoxy) is 1. The van der Waals surface area contributed by atoms with Gasteiger partial charge in [-0.25, -0.2) is 0 Å². The molecule has 1 fully saturated rings. The molecular formula is C23H30N2O2. The lowest BCUT2D eigenvalue weighted by Gasteiger charge is -2.26. The summed E-state index contributed by atoms with van der Waals surface area (Å²) in [5.74, 6) is -0.146. The van der Waals surface area contributed by atoms with Crippen LogP contribution in [-0.4, -0.2) is 50.2 Å². The molecule has 1 aliphatic heterocycles. The van der Waals surface area contributed by atoms with Crippen molar-refractivity contribution in [2.45, 2.75) is 37.3 Å². The van der Waals surface area contributed by atoms with E-state index in [4.69, 9.17) is 4.74 Å². The fourth-order valence-electron chi connectivity index (χ4n) is 3.80. The second-order valence-corrected chi connectivity index (χ2v) is 7.77. The lowest BCUT2D eigenvalue weighted by molar-refractivity contribution is -0.144. The van der Waals surface area contributed by atoms with Gasteiger partial charge < -0.3 is 15.0 Å². The molecule has 0 aromatic heterocycles. The Morgan fingerprint density at radius 2 is 1.63 bits per heavy atom. The first-order valence-corrected chi connectivity index (χ1v) is 9.72. The molecule has 2 aromatic carbocycles. The van der Waals surface area contributed by atoms with E-state index in [9.17, 15) is 4.79 Å². The molecule has 0 bridgehead atoms. The quantitative estimate of drug-likeness (QED) is 0.729. The van der Waals surface area contributed by atoms with Crippen molar-refractivity contribution in [2.75, 3.05) is 27.2 Å². The Morgan fingerprint density at radius 3 is 2.15 bits per heavy atom. The molecule has 1 saturated heterocycles. The van der Waals surface area contributed by atoms with Crippen LogP contribution in [0, 0.1) is 0 Å². The second-order valence-electron chi connectivity index (χ2n) is 7.77. The van der Waals surface area contributed by atoms with Gasteiger partial charge >= 0.3 is 5.97 Å². The molecule has 2 atom stereocenters.